The van der Waals surface area contributed by atoms with Gasteiger partial charge in [-0.15, -0.1) is 5.10 Å². The standard InChI is InChI=1S/C68H101F2N9O19S/c1-7-13-59-97-56-38-47-48-37-50(69)49-36-45(80)21-23-65(49,5)67(48,70)54(81)39-66(47,6)68(56,98-59)55(82)40-95-46-19-17-44(18-20-46)75-62(85)43(4)74-64(87)60(42(2)3)76-63(86)51(71)14-11-12-24-72-58(84)41-96-53-16-10-8-9-15-52-61(53)77-78-79(52)26-28-92-30-32-94-34-33-93-31-29-91-27-22-57(83)73-25-35-99(88,89)90/h17-21,23,36,42-43,47-48,50-51,53-54,56,59-60,81H,7-16,22,24-35,37-41,71H2,1-6H3,(H,72,84)(H,73,83)(H,74,87)(H,75,85)(H,76,86)(H,88,89,90)/t43-,47-,48-,50-,51+,53?,54-,56+,59?,60-,65-,66-,67-,68+/m0/s1. The minimum atomic E-state index is -4.14. The fourth-order valence-corrected chi connectivity index (χ4v) is 15.2. The van der Waals surface area contributed by atoms with E-state index < -0.39 is 135 Å². The van der Waals surface area contributed by atoms with Crippen LogP contribution in [0.1, 0.15) is 143 Å². The van der Waals surface area contributed by atoms with Crippen molar-refractivity contribution in [1.82, 2.24) is 36.3 Å². The maximum absolute atomic E-state index is 18.0. The molecule has 6 aliphatic rings. The largest absolute Gasteiger partial charge is 0.486 e. The van der Waals surface area contributed by atoms with E-state index in [4.69, 9.17) is 48.2 Å². The van der Waals surface area contributed by atoms with Crippen molar-refractivity contribution in [2.45, 2.75) is 198 Å². The number of nitrogens with two attached hydrogens (primary N) is 1. The zero-order valence-corrected chi connectivity index (χ0v) is 58.4. The van der Waals surface area contributed by atoms with Gasteiger partial charge in [-0.25, -0.2) is 13.5 Å². The summed E-state index contributed by atoms with van der Waals surface area (Å²) < 4.78 is 113. The number of allylic oxidation sites excluding steroid dienone is 4. The van der Waals surface area contributed by atoms with Crippen LogP contribution in [0.4, 0.5) is 14.5 Å². The Hall–Kier alpha value is -6.26. The van der Waals surface area contributed by atoms with Crippen molar-refractivity contribution in [2.75, 3.05) is 90.2 Å². The third kappa shape index (κ3) is 19.3. The molecule has 1 aromatic carbocycles. The molecular formula is C68H101F2N9O19S. The summed E-state index contributed by atoms with van der Waals surface area (Å²) in [7, 11) is -4.14. The molecule has 552 valence electrons. The summed E-state index contributed by atoms with van der Waals surface area (Å²) in [4.78, 5) is 92.1. The highest BCUT2D eigenvalue weighted by Gasteiger charge is 2.80. The van der Waals surface area contributed by atoms with Crippen molar-refractivity contribution < 1.29 is 98.3 Å². The van der Waals surface area contributed by atoms with Crippen molar-refractivity contribution >= 4 is 56.9 Å². The van der Waals surface area contributed by atoms with Crippen LogP contribution in [0.25, 0.3) is 0 Å². The fraction of sp³-hybridized carbons (Fsp3) is 0.721. The van der Waals surface area contributed by atoms with Gasteiger partial charge in [0, 0.05) is 41.9 Å². The molecule has 5 aliphatic carbocycles. The monoisotopic (exact) mass is 1420 g/mol. The number of Topliss-reactive ketones (excluding diaryl/α,β-unsaturated/α-hetero) is 1. The molecule has 1 aromatic heterocycles. The van der Waals surface area contributed by atoms with E-state index in [2.05, 4.69) is 36.9 Å². The van der Waals surface area contributed by atoms with Gasteiger partial charge in [-0.3, -0.25) is 38.1 Å². The summed E-state index contributed by atoms with van der Waals surface area (Å²) in [6.07, 6.45) is 4.89. The second-order valence-corrected chi connectivity index (χ2v) is 28.9. The Bertz CT molecular complexity index is 3290. The number of aliphatic hydroxyl groups is 1. The predicted octanol–water partition coefficient (Wildman–Crippen LogP) is 3.97. The molecule has 4 fully saturated rings. The number of anilines is 1. The van der Waals surface area contributed by atoms with Gasteiger partial charge >= 0.3 is 0 Å². The van der Waals surface area contributed by atoms with Crippen molar-refractivity contribution in [3.8, 4) is 5.75 Å². The quantitative estimate of drug-likeness (QED) is 0.0347. The smallest absolute Gasteiger partial charge is 0.266 e. The highest BCUT2D eigenvalue weighted by Crippen LogP contribution is 2.72. The summed E-state index contributed by atoms with van der Waals surface area (Å²) in [5, 5.41) is 34.2. The van der Waals surface area contributed by atoms with E-state index >= 15 is 8.78 Å². The van der Waals surface area contributed by atoms with Gasteiger partial charge in [-0.1, -0.05) is 58.2 Å². The summed E-state index contributed by atoms with van der Waals surface area (Å²) in [6, 6.07) is 3.16. The molecule has 9 N–H and O–H groups in total. The number of hydrogen-bond acceptors (Lipinski definition) is 21. The lowest BCUT2D eigenvalue weighted by Gasteiger charge is -2.63. The minimum absolute atomic E-state index is 0.00534. The maximum atomic E-state index is 18.0. The van der Waals surface area contributed by atoms with E-state index in [1.807, 2.05) is 11.6 Å². The van der Waals surface area contributed by atoms with Gasteiger partial charge in [0.05, 0.1) is 89.1 Å². The van der Waals surface area contributed by atoms with Gasteiger partial charge in [-0.2, -0.15) is 8.42 Å². The number of carbonyl (C=O) groups excluding carboxylic acids is 7. The number of fused-ring (bicyclic) bond motifs is 8. The van der Waals surface area contributed by atoms with Gasteiger partial charge in [0.2, 0.25) is 35.3 Å². The average molecular weight is 1420 g/mol. The van der Waals surface area contributed by atoms with Crippen molar-refractivity contribution in [3.05, 3.63) is 59.5 Å². The van der Waals surface area contributed by atoms with Crippen LogP contribution in [-0.4, -0.2) is 213 Å². The molecule has 1 saturated heterocycles. The van der Waals surface area contributed by atoms with E-state index in [1.165, 1.54) is 26.0 Å². The molecule has 99 heavy (non-hydrogen) atoms. The zero-order valence-electron chi connectivity index (χ0n) is 57.6. The first kappa shape index (κ1) is 78.5. The van der Waals surface area contributed by atoms with Crippen LogP contribution in [-0.2, 0) is 89.8 Å². The first-order valence-electron chi connectivity index (χ1n) is 34.7. The van der Waals surface area contributed by atoms with Gasteiger partial charge in [-0.05, 0) is 132 Å². The predicted molar refractivity (Wildman–Crippen MR) is 354 cm³/mol. The Morgan fingerprint density at radius 3 is 2.22 bits per heavy atom. The van der Waals surface area contributed by atoms with E-state index in [1.54, 1.807) is 45.0 Å². The van der Waals surface area contributed by atoms with E-state index in [0.29, 0.717) is 96.2 Å². The number of rotatable bonds is 39. The van der Waals surface area contributed by atoms with Gasteiger partial charge in [0.1, 0.15) is 49.0 Å². The lowest BCUT2D eigenvalue weighted by Crippen LogP contribution is -2.71. The number of nitrogens with one attached hydrogen (secondary N) is 5. The number of amides is 5. The third-order valence-electron chi connectivity index (χ3n) is 20.1. The van der Waals surface area contributed by atoms with E-state index in [0.717, 1.165) is 37.5 Å². The van der Waals surface area contributed by atoms with Crippen LogP contribution >= 0.6 is 0 Å². The highest BCUT2D eigenvalue weighted by atomic mass is 32.2. The first-order valence-corrected chi connectivity index (χ1v) is 36.3. The molecule has 31 heteroatoms. The summed E-state index contributed by atoms with van der Waals surface area (Å²) in [5.41, 5.74) is 1.48. The number of aromatic nitrogens is 3. The van der Waals surface area contributed by atoms with Crippen LogP contribution < -0.4 is 37.1 Å². The van der Waals surface area contributed by atoms with Crippen molar-refractivity contribution in [2.24, 2.45) is 34.3 Å². The average Bonchev–Trinajstić information content (AvgIpc) is 1.59. The Morgan fingerprint density at radius 2 is 1.54 bits per heavy atom. The van der Waals surface area contributed by atoms with Crippen molar-refractivity contribution in [3.63, 3.8) is 0 Å². The number of halogens is 2. The van der Waals surface area contributed by atoms with Crippen LogP contribution in [0, 0.1) is 28.6 Å². The van der Waals surface area contributed by atoms with Crippen LogP contribution in [0.2, 0.25) is 0 Å². The topological polar surface area (TPSA) is 385 Å². The van der Waals surface area contributed by atoms with E-state index in [-0.39, 0.29) is 87.5 Å². The fourth-order valence-electron chi connectivity index (χ4n) is 14.9. The van der Waals surface area contributed by atoms with Gasteiger partial charge in [0.25, 0.3) is 10.1 Å². The second-order valence-electron chi connectivity index (χ2n) is 27.3. The van der Waals surface area contributed by atoms with Gasteiger partial charge < -0.3 is 75.3 Å². The van der Waals surface area contributed by atoms with Crippen LogP contribution in [0.3, 0.4) is 0 Å². The lowest BCUT2D eigenvalue weighted by atomic mass is 9.44. The number of nitrogens with zero attached hydrogens (tertiary/aromatic N) is 3. The summed E-state index contributed by atoms with van der Waals surface area (Å²) in [5.74, 6) is -5.69. The number of benzene rings is 1. The van der Waals surface area contributed by atoms with E-state index in [9.17, 15) is 47.1 Å². The second kappa shape index (κ2) is 35.6. The maximum Gasteiger partial charge on any atom is 0.266 e. The molecule has 2 unspecified atom stereocenters. The zero-order chi connectivity index (χ0) is 71.7. The third-order valence-corrected chi connectivity index (χ3v) is 20.9. The molecule has 0 spiro atoms. The molecule has 8 rings (SSSR count). The lowest BCUT2D eigenvalue weighted by molar-refractivity contribution is -0.234. The Morgan fingerprint density at radius 1 is 0.848 bits per heavy atom. The highest BCUT2D eigenvalue weighted by molar-refractivity contribution is 7.85. The first-order chi connectivity index (χ1) is 47.1. The number of unbranched alkanes of at least 4 members (excludes halogenated alkanes) is 1. The van der Waals surface area contributed by atoms with Gasteiger partial charge in [0.15, 0.2) is 23.3 Å². The summed E-state index contributed by atoms with van der Waals surface area (Å²) >= 11 is 0. The molecule has 0 bridgehead atoms. The summed E-state index contributed by atoms with van der Waals surface area (Å²) in [6.45, 7) is 12.6. The SMILES string of the molecule is CCCC1O[C@@H]2C[C@H]3[C@@H]4C[C@H](F)C5=CC(=O)C=C[C@]5(C)[C@@]4(F)[C@@H](O)C[C@]3(C)[C@]2(C(=O)COc2ccc(NC(=O)[C@H](C)NC(=O)[C@@H](NC(=O)[C@H](N)CCCCNC(=O)COC3CCCCCc4c3nnn4CCOCCOCCOCCOCCC(=O)NCCS(=O)(=O)O)C(C)C)cc2)O1. The molecular weight excluding hydrogens is 1320 g/mol. The molecule has 0 radical (unpaired) electrons. The number of carbonyl (C=O) groups is 7. The number of ether oxygens (including phenoxy) is 8. The van der Waals surface area contributed by atoms with Crippen LogP contribution in [0.15, 0.2) is 48.1 Å². The van der Waals surface area contributed by atoms with Crippen LogP contribution in [0.5, 0.6) is 5.75 Å². The Kier molecular flexibility index (Phi) is 28.2. The molecule has 2 heterocycles. The van der Waals surface area contributed by atoms with Crippen molar-refractivity contribution in [1.29, 1.82) is 0 Å². The number of hydrogen-bond donors (Lipinski definition) is 8. The Balaban J connectivity index is 0.697. The minimum Gasteiger partial charge on any atom is -0.486 e. The molecule has 1 aliphatic heterocycles. The Labute approximate surface area is 577 Å². The molecule has 14 atom stereocenters. The number of alkyl halides is 2. The molecule has 28 nitrogen and oxygen atoms in total. The molecule has 2 aromatic rings. The normalized spacial score (nSPS) is 27.9. The molecule has 5 amide bonds. The number of aliphatic hydroxyl groups excluding tert-OH is 1. The molecule has 3 saturated carbocycles. The number of ketones is 2.